The third-order valence-corrected chi connectivity index (χ3v) is 8.13. The highest BCUT2D eigenvalue weighted by Crippen LogP contribution is 2.44. The van der Waals surface area contributed by atoms with Gasteiger partial charge in [-0.2, -0.15) is 0 Å². The molecule has 2 N–H and O–H groups in total. The summed E-state index contributed by atoms with van der Waals surface area (Å²) in [4.78, 5) is 38.5. The molecule has 5 rings (SSSR count). The summed E-state index contributed by atoms with van der Waals surface area (Å²) in [6, 6.07) is 16.3. The SMILES string of the molecule is O=C(NC[C@@H]1CCO[C@@H]1C(=O)N1CCSC(C(=O)O)C1)OCC1c2ccccc2-c2ccccc21. The lowest BCUT2D eigenvalue weighted by atomic mass is 9.98. The Hall–Kier alpha value is -3.04. The van der Waals surface area contributed by atoms with Gasteiger partial charge in [-0.25, -0.2) is 4.79 Å². The van der Waals surface area contributed by atoms with Gasteiger partial charge in [0.05, 0.1) is 0 Å². The lowest BCUT2D eigenvalue weighted by Crippen LogP contribution is -2.50. The van der Waals surface area contributed by atoms with Crippen LogP contribution in [0, 0.1) is 5.92 Å². The number of benzene rings is 2. The van der Waals surface area contributed by atoms with Crippen LogP contribution in [0.1, 0.15) is 23.5 Å². The van der Waals surface area contributed by atoms with Gasteiger partial charge in [-0.15, -0.1) is 11.8 Å². The monoisotopic (exact) mass is 496 g/mol. The average Bonchev–Trinajstić information content (AvgIpc) is 3.48. The van der Waals surface area contributed by atoms with Crippen LogP contribution in [-0.2, 0) is 19.1 Å². The number of alkyl carbamates (subject to hydrolysis) is 1. The molecule has 0 saturated carbocycles. The van der Waals surface area contributed by atoms with Crippen molar-refractivity contribution in [3.8, 4) is 11.1 Å². The Kier molecular flexibility index (Phi) is 6.97. The molecular formula is C26H28N2O6S. The van der Waals surface area contributed by atoms with Crippen molar-refractivity contribution in [3.05, 3.63) is 59.7 Å². The smallest absolute Gasteiger partial charge is 0.407 e. The Morgan fingerprint density at radius 3 is 2.46 bits per heavy atom. The van der Waals surface area contributed by atoms with E-state index >= 15 is 0 Å². The molecule has 0 radical (unpaired) electrons. The van der Waals surface area contributed by atoms with Crippen molar-refractivity contribution in [1.29, 1.82) is 0 Å². The Labute approximate surface area is 208 Å². The molecule has 2 aromatic carbocycles. The van der Waals surface area contributed by atoms with Crippen molar-refractivity contribution in [3.63, 3.8) is 0 Å². The standard InChI is InChI=1S/C26H28N2O6S/c29-24(28-10-12-35-22(14-28)25(30)31)23-16(9-11-33-23)13-27-26(32)34-15-21-19-7-3-1-5-17(19)18-6-2-4-8-20(18)21/h1-8,16,21-23H,9-15H2,(H,27,32)(H,30,31)/t16-,22?,23-/m0/s1. The van der Waals surface area contributed by atoms with Crippen molar-refractivity contribution < 1.29 is 29.0 Å². The number of ether oxygens (including phenoxy) is 2. The second-order valence-corrected chi connectivity index (χ2v) is 10.3. The number of thioether (sulfide) groups is 1. The van der Waals surface area contributed by atoms with E-state index in [1.165, 1.54) is 22.9 Å². The van der Waals surface area contributed by atoms with Gasteiger partial charge in [-0.3, -0.25) is 9.59 Å². The predicted molar refractivity (Wildman–Crippen MR) is 131 cm³/mol. The normalized spacial score (nSPS) is 23.4. The number of nitrogens with zero attached hydrogens (tertiary/aromatic N) is 1. The molecule has 8 nitrogen and oxygen atoms in total. The van der Waals surface area contributed by atoms with E-state index in [0.29, 0.717) is 25.3 Å². The number of fused-ring (bicyclic) bond motifs is 3. The number of amides is 2. The highest BCUT2D eigenvalue weighted by molar-refractivity contribution is 8.00. The summed E-state index contributed by atoms with van der Waals surface area (Å²) in [6.07, 6.45) is -0.558. The van der Waals surface area contributed by atoms with E-state index in [1.54, 1.807) is 4.90 Å². The van der Waals surface area contributed by atoms with Crippen LogP contribution in [0.3, 0.4) is 0 Å². The van der Waals surface area contributed by atoms with Crippen molar-refractivity contribution in [2.75, 3.05) is 38.6 Å². The Balaban J connectivity index is 1.15. The fourth-order valence-electron chi connectivity index (χ4n) is 5.16. The minimum atomic E-state index is -0.909. The summed E-state index contributed by atoms with van der Waals surface area (Å²) >= 11 is 1.35. The third kappa shape index (κ3) is 4.88. The first kappa shape index (κ1) is 23.7. The largest absolute Gasteiger partial charge is 0.480 e. The third-order valence-electron chi connectivity index (χ3n) is 6.96. The highest BCUT2D eigenvalue weighted by atomic mass is 32.2. The maximum Gasteiger partial charge on any atom is 0.407 e. The van der Waals surface area contributed by atoms with E-state index in [-0.39, 0.29) is 37.4 Å². The Morgan fingerprint density at radius 2 is 1.77 bits per heavy atom. The quantitative estimate of drug-likeness (QED) is 0.634. The van der Waals surface area contributed by atoms with Gasteiger partial charge in [0.25, 0.3) is 5.91 Å². The van der Waals surface area contributed by atoms with Crippen molar-refractivity contribution in [2.45, 2.75) is 23.7 Å². The minimum Gasteiger partial charge on any atom is -0.480 e. The van der Waals surface area contributed by atoms with Crippen LogP contribution in [-0.4, -0.2) is 77.9 Å². The number of carboxylic acid groups (broad SMARTS) is 1. The molecule has 0 spiro atoms. The first-order chi connectivity index (χ1) is 17.0. The first-order valence-corrected chi connectivity index (χ1v) is 12.9. The molecular weight excluding hydrogens is 468 g/mol. The van der Waals surface area contributed by atoms with E-state index in [1.807, 2.05) is 24.3 Å². The van der Waals surface area contributed by atoms with Gasteiger partial charge in [-0.05, 0) is 28.7 Å². The highest BCUT2D eigenvalue weighted by Gasteiger charge is 2.39. The fourth-order valence-corrected chi connectivity index (χ4v) is 6.20. The molecule has 1 aliphatic carbocycles. The molecule has 2 heterocycles. The number of carboxylic acids is 1. The summed E-state index contributed by atoms with van der Waals surface area (Å²) in [6.45, 7) is 1.59. The maximum absolute atomic E-state index is 13.0. The molecule has 9 heteroatoms. The molecule has 3 atom stereocenters. The van der Waals surface area contributed by atoms with Crippen molar-refractivity contribution >= 4 is 29.7 Å². The fraction of sp³-hybridized carbons (Fsp3) is 0.423. The molecule has 2 aromatic rings. The molecule has 0 bridgehead atoms. The summed E-state index contributed by atoms with van der Waals surface area (Å²) < 4.78 is 11.3. The summed E-state index contributed by atoms with van der Waals surface area (Å²) in [5.41, 5.74) is 4.64. The molecule has 2 amide bonds. The molecule has 2 aliphatic heterocycles. The van der Waals surface area contributed by atoms with E-state index < -0.39 is 23.4 Å². The molecule has 3 aliphatic rings. The number of hydrogen-bond donors (Lipinski definition) is 2. The second kappa shape index (κ2) is 10.3. The average molecular weight is 497 g/mol. The number of rotatable bonds is 6. The zero-order valence-electron chi connectivity index (χ0n) is 19.2. The van der Waals surface area contributed by atoms with Gasteiger partial charge in [-0.1, -0.05) is 48.5 Å². The summed E-state index contributed by atoms with van der Waals surface area (Å²) in [5, 5.41) is 11.5. The maximum atomic E-state index is 13.0. The number of hydrogen-bond acceptors (Lipinski definition) is 6. The van der Waals surface area contributed by atoms with Crippen LogP contribution in [0.15, 0.2) is 48.5 Å². The summed E-state index contributed by atoms with van der Waals surface area (Å²) in [7, 11) is 0. The predicted octanol–water partition coefficient (Wildman–Crippen LogP) is 2.96. The molecule has 2 fully saturated rings. The lowest BCUT2D eigenvalue weighted by molar-refractivity contribution is -0.144. The molecule has 35 heavy (non-hydrogen) atoms. The zero-order chi connectivity index (χ0) is 24.4. The van der Waals surface area contributed by atoms with Gasteiger partial charge < -0.3 is 24.8 Å². The van der Waals surface area contributed by atoms with Crippen molar-refractivity contribution in [1.82, 2.24) is 10.2 Å². The molecule has 2 saturated heterocycles. The van der Waals surface area contributed by atoms with Crippen molar-refractivity contribution in [2.24, 2.45) is 5.92 Å². The number of nitrogens with one attached hydrogen (secondary N) is 1. The number of carbonyl (C=O) groups is 3. The zero-order valence-corrected chi connectivity index (χ0v) is 20.0. The van der Waals surface area contributed by atoms with Gasteiger partial charge in [0, 0.05) is 43.8 Å². The Bertz CT molecular complexity index is 1080. The summed E-state index contributed by atoms with van der Waals surface area (Å²) in [5.74, 6) is -0.725. The Morgan fingerprint density at radius 1 is 1.09 bits per heavy atom. The van der Waals surface area contributed by atoms with Gasteiger partial charge >= 0.3 is 12.1 Å². The molecule has 0 aromatic heterocycles. The van der Waals surface area contributed by atoms with Crippen LogP contribution in [0.2, 0.25) is 0 Å². The van der Waals surface area contributed by atoms with Gasteiger partial charge in [0.2, 0.25) is 0 Å². The van der Waals surface area contributed by atoms with Gasteiger partial charge in [0.1, 0.15) is 18.0 Å². The molecule has 184 valence electrons. The number of aliphatic carboxylic acids is 1. The van der Waals surface area contributed by atoms with Crippen LogP contribution >= 0.6 is 11.8 Å². The van der Waals surface area contributed by atoms with Crippen LogP contribution < -0.4 is 5.32 Å². The first-order valence-electron chi connectivity index (χ1n) is 11.9. The van der Waals surface area contributed by atoms with Crippen LogP contribution in [0.5, 0.6) is 0 Å². The second-order valence-electron chi connectivity index (χ2n) is 9.03. The van der Waals surface area contributed by atoms with Crippen LogP contribution in [0.4, 0.5) is 4.79 Å². The van der Waals surface area contributed by atoms with E-state index in [2.05, 4.69) is 29.6 Å². The van der Waals surface area contributed by atoms with E-state index in [0.717, 1.165) is 11.1 Å². The minimum absolute atomic E-state index is 0.0172. The van der Waals surface area contributed by atoms with E-state index in [4.69, 9.17) is 9.47 Å². The van der Waals surface area contributed by atoms with Gasteiger partial charge in [0.15, 0.2) is 0 Å². The number of carbonyl (C=O) groups excluding carboxylic acids is 2. The van der Waals surface area contributed by atoms with Crippen LogP contribution in [0.25, 0.3) is 11.1 Å². The van der Waals surface area contributed by atoms with E-state index in [9.17, 15) is 19.5 Å². The topological polar surface area (TPSA) is 105 Å². The molecule has 1 unspecified atom stereocenters. The lowest BCUT2D eigenvalue weighted by Gasteiger charge is -2.33.